The maximum Gasteiger partial charge on any atom is 0.323 e. The van der Waals surface area contributed by atoms with E-state index in [4.69, 9.17) is 9.47 Å². The summed E-state index contributed by atoms with van der Waals surface area (Å²) in [5.41, 5.74) is 0.313. The molecule has 0 aliphatic heterocycles. The summed E-state index contributed by atoms with van der Waals surface area (Å²) < 4.78 is 25.0. The van der Waals surface area contributed by atoms with Gasteiger partial charge in [-0.25, -0.2) is 0 Å². The minimum atomic E-state index is -0.968. The lowest BCUT2D eigenvalue weighted by molar-refractivity contribution is -0.163. The molecule has 5 nitrogen and oxygen atoms in total. The second-order valence-electron chi connectivity index (χ2n) is 12.4. The number of hydrogen-bond donors (Lipinski definition) is 1. The third kappa shape index (κ3) is 8.99. The fourth-order valence-corrected chi connectivity index (χ4v) is 4.99. The van der Waals surface area contributed by atoms with Crippen LogP contribution in [-0.2, 0) is 24.6 Å². The van der Waals surface area contributed by atoms with Crippen molar-refractivity contribution in [3.8, 4) is 0 Å². The molecule has 0 radical (unpaired) electrons. The highest BCUT2D eigenvalue weighted by atomic mass is 19.1. The van der Waals surface area contributed by atoms with Gasteiger partial charge in [0.1, 0.15) is 17.2 Å². The van der Waals surface area contributed by atoms with Crippen molar-refractivity contribution in [2.45, 2.75) is 83.6 Å². The van der Waals surface area contributed by atoms with Gasteiger partial charge in [0.25, 0.3) is 0 Å². The van der Waals surface area contributed by atoms with Crippen molar-refractivity contribution in [3.05, 3.63) is 108 Å². The Morgan fingerprint density at radius 2 is 1.07 bits per heavy atom. The van der Waals surface area contributed by atoms with Crippen LogP contribution in [0.5, 0.6) is 0 Å². The van der Waals surface area contributed by atoms with Crippen molar-refractivity contribution < 1.29 is 23.5 Å². The maximum atomic E-state index is 13.9. The number of halogens is 1. The van der Waals surface area contributed by atoms with Crippen LogP contribution in [0.1, 0.15) is 77.5 Å². The highest BCUT2D eigenvalue weighted by Gasteiger charge is 2.42. The van der Waals surface area contributed by atoms with Crippen molar-refractivity contribution >= 4 is 11.9 Å². The summed E-state index contributed by atoms with van der Waals surface area (Å²) in [6.07, 6.45) is 0.519. The summed E-state index contributed by atoms with van der Waals surface area (Å²) in [6, 6.07) is 28.8. The second-order valence-corrected chi connectivity index (χ2v) is 12.4. The van der Waals surface area contributed by atoms with Gasteiger partial charge < -0.3 is 9.47 Å². The van der Waals surface area contributed by atoms with E-state index in [-0.39, 0.29) is 19.3 Å². The van der Waals surface area contributed by atoms with E-state index < -0.39 is 47.3 Å². The first-order valence-corrected chi connectivity index (χ1v) is 14.3. The van der Waals surface area contributed by atoms with Gasteiger partial charge in [0.05, 0.1) is 18.1 Å². The number of esters is 2. The van der Waals surface area contributed by atoms with Crippen LogP contribution in [0.4, 0.5) is 4.39 Å². The van der Waals surface area contributed by atoms with Crippen LogP contribution < -0.4 is 5.32 Å². The highest BCUT2D eigenvalue weighted by Crippen LogP contribution is 2.38. The third-order valence-corrected chi connectivity index (χ3v) is 6.65. The third-order valence-electron chi connectivity index (χ3n) is 6.65. The Bertz CT molecular complexity index is 1140. The van der Waals surface area contributed by atoms with Gasteiger partial charge >= 0.3 is 11.9 Å². The van der Waals surface area contributed by atoms with Crippen LogP contribution in [0, 0.1) is 5.92 Å². The van der Waals surface area contributed by atoms with Crippen LogP contribution in [0.25, 0.3) is 0 Å². The Balaban J connectivity index is 2.20. The summed E-state index contributed by atoms with van der Waals surface area (Å²) in [7, 11) is 0. The molecule has 3 aromatic carbocycles. The van der Waals surface area contributed by atoms with E-state index in [9.17, 15) is 14.0 Å². The smallest absolute Gasteiger partial charge is 0.323 e. The molecule has 41 heavy (non-hydrogen) atoms. The molecule has 0 saturated carbocycles. The van der Waals surface area contributed by atoms with E-state index in [0.717, 1.165) is 16.7 Å². The largest absolute Gasteiger partial charge is 0.460 e. The minimum absolute atomic E-state index is 0.0814. The minimum Gasteiger partial charge on any atom is -0.460 e. The molecule has 3 rings (SSSR count). The first kappa shape index (κ1) is 32.0. The van der Waals surface area contributed by atoms with Crippen molar-refractivity contribution in [2.24, 2.45) is 5.92 Å². The number of alkyl halides is 1. The first-order chi connectivity index (χ1) is 19.4. The molecule has 0 aromatic heterocycles. The molecule has 6 heteroatoms. The molecule has 0 heterocycles. The molecule has 0 amide bonds. The quantitative estimate of drug-likeness (QED) is 0.185. The standard InChI is InChI=1S/C35H44FNO4/c1-33(2,3)40-31(38)26(17-16-24-36)25-30(32(39)41-34(4,5)6)37-35(27-18-10-7-11-19-27,28-20-12-8-13-21-28)29-22-14-9-15-23-29/h7-15,18-23,26,30,37H,16-17,24-25H2,1-6H3/t26-,30-/m0/s1. The number of hydrogen-bond acceptors (Lipinski definition) is 5. The van der Waals surface area contributed by atoms with E-state index in [1.165, 1.54) is 0 Å². The molecule has 2 atom stereocenters. The normalized spacial score (nSPS) is 13.7. The summed E-state index contributed by atoms with van der Waals surface area (Å²) >= 11 is 0. The monoisotopic (exact) mass is 561 g/mol. The van der Waals surface area contributed by atoms with Gasteiger partial charge in [-0.05, 0) is 77.5 Å². The van der Waals surface area contributed by atoms with Gasteiger partial charge in [0.2, 0.25) is 0 Å². The Labute approximate surface area is 244 Å². The van der Waals surface area contributed by atoms with E-state index >= 15 is 0 Å². The van der Waals surface area contributed by atoms with Crippen molar-refractivity contribution in [2.75, 3.05) is 6.67 Å². The van der Waals surface area contributed by atoms with Crippen LogP contribution in [0.3, 0.4) is 0 Å². The topological polar surface area (TPSA) is 64.6 Å². The first-order valence-electron chi connectivity index (χ1n) is 14.3. The van der Waals surface area contributed by atoms with Gasteiger partial charge in [-0.1, -0.05) is 91.0 Å². The molecule has 0 saturated heterocycles. The molecule has 0 fully saturated rings. The van der Waals surface area contributed by atoms with Crippen molar-refractivity contribution in [3.63, 3.8) is 0 Å². The molecular weight excluding hydrogens is 517 g/mol. The number of carbonyl (C=O) groups is 2. The lowest BCUT2D eigenvalue weighted by atomic mass is 9.76. The zero-order chi connectivity index (χ0) is 30.1. The van der Waals surface area contributed by atoms with Crippen molar-refractivity contribution in [1.82, 2.24) is 5.32 Å². The Morgan fingerprint density at radius 3 is 1.44 bits per heavy atom. The molecule has 1 N–H and O–H groups in total. The summed E-state index contributed by atoms with van der Waals surface area (Å²) in [5, 5.41) is 3.69. The number of rotatable bonds is 12. The predicted molar refractivity (Wildman–Crippen MR) is 161 cm³/mol. The van der Waals surface area contributed by atoms with Gasteiger partial charge in [-0.3, -0.25) is 19.3 Å². The van der Waals surface area contributed by atoms with Gasteiger partial charge in [-0.15, -0.1) is 0 Å². The predicted octanol–water partition coefficient (Wildman–Crippen LogP) is 7.38. The van der Waals surface area contributed by atoms with E-state index in [0.29, 0.717) is 0 Å². The molecule has 0 aliphatic rings. The zero-order valence-electron chi connectivity index (χ0n) is 25.2. The average Bonchev–Trinajstić information content (AvgIpc) is 2.92. The fourth-order valence-electron chi connectivity index (χ4n) is 4.99. The zero-order valence-corrected chi connectivity index (χ0v) is 25.2. The Hall–Kier alpha value is -3.51. The highest BCUT2D eigenvalue weighted by molar-refractivity contribution is 5.79. The second kappa shape index (κ2) is 13.9. The summed E-state index contributed by atoms with van der Waals surface area (Å²) in [4.78, 5) is 27.3. The molecular formula is C35H44FNO4. The summed E-state index contributed by atoms with van der Waals surface area (Å²) in [5.74, 6) is -1.65. The Kier molecular flexibility index (Phi) is 10.9. The number of ether oxygens (including phenoxy) is 2. The van der Waals surface area contributed by atoms with Crippen molar-refractivity contribution in [1.29, 1.82) is 0 Å². The molecule has 220 valence electrons. The molecule has 0 aliphatic carbocycles. The van der Waals surface area contributed by atoms with E-state index in [1.54, 1.807) is 20.8 Å². The van der Waals surface area contributed by atoms with Crippen LogP contribution >= 0.6 is 0 Å². The molecule has 0 unspecified atom stereocenters. The van der Waals surface area contributed by atoms with Gasteiger partial charge in [0.15, 0.2) is 0 Å². The van der Waals surface area contributed by atoms with Crippen LogP contribution in [0.2, 0.25) is 0 Å². The van der Waals surface area contributed by atoms with Gasteiger partial charge in [0, 0.05) is 0 Å². The number of nitrogens with one attached hydrogen (secondary N) is 1. The fraction of sp³-hybridized carbons (Fsp3) is 0.429. The SMILES string of the molecule is CC(C)(C)OC(=O)[C@@H](CCCF)C[C@H](NC(c1ccccc1)(c1ccccc1)c1ccccc1)C(=O)OC(C)(C)C. The number of benzene rings is 3. The lowest BCUT2D eigenvalue weighted by Gasteiger charge is -2.40. The van der Waals surface area contributed by atoms with Crippen LogP contribution in [-0.4, -0.2) is 35.9 Å². The molecule has 3 aromatic rings. The average molecular weight is 562 g/mol. The Morgan fingerprint density at radius 1 is 0.683 bits per heavy atom. The van der Waals surface area contributed by atoms with Crippen LogP contribution in [0.15, 0.2) is 91.0 Å². The summed E-state index contributed by atoms with van der Waals surface area (Å²) in [6.45, 7) is 10.3. The van der Waals surface area contributed by atoms with E-state index in [2.05, 4.69) is 5.32 Å². The van der Waals surface area contributed by atoms with E-state index in [1.807, 2.05) is 112 Å². The lowest BCUT2D eigenvalue weighted by Crippen LogP contribution is -2.54. The molecule has 0 spiro atoms. The maximum absolute atomic E-state index is 13.9. The number of carbonyl (C=O) groups excluding carboxylic acids is 2. The molecule has 0 bridgehead atoms. The van der Waals surface area contributed by atoms with Gasteiger partial charge in [-0.2, -0.15) is 0 Å².